The van der Waals surface area contributed by atoms with Crippen molar-refractivity contribution in [2.75, 3.05) is 33.4 Å². The molecule has 114 valence electrons. The molecule has 4 nitrogen and oxygen atoms in total. The van der Waals surface area contributed by atoms with Crippen molar-refractivity contribution in [1.29, 1.82) is 0 Å². The van der Waals surface area contributed by atoms with Gasteiger partial charge in [-0.15, -0.1) is 0 Å². The third kappa shape index (κ3) is 2.97. The minimum Gasteiger partial charge on any atom is -0.385 e. The van der Waals surface area contributed by atoms with E-state index in [9.17, 15) is 4.79 Å². The summed E-state index contributed by atoms with van der Waals surface area (Å²) in [6, 6.07) is 7.81. The molecule has 0 N–H and O–H groups in total. The molecule has 0 aliphatic carbocycles. The average Bonchev–Trinajstić information content (AvgIpc) is 3.05. The SMILES string of the molecule is COCC[C@H]1CO[C@H]2CN(C(=O)c3cccc(C)c3)C[C@@H]12. The molecule has 4 heteroatoms. The summed E-state index contributed by atoms with van der Waals surface area (Å²) in [5.74, 6) is 1.11. The fourth-order valence-electron chi connectivity index (χ4n) is 3.49. The summed E-state index contributed by atoms with van der Waals surface area (Å²) in [5, 5.41) is 0. The van der Waals surface area contributed by atoms with Crippen molar-refractivity contribution in [3.8, 4) is 0 Å². The van der Waals surface area contributed by atoms with Gasteiger partial charge in [0.05, 0.1) is 12.7 Å². The Balaban J connectivity index is 1.66. The van der Waals surface area contributed by atoms with Crippen LogP contribution in [0.25, 0.3) is 0 Å². The summed E-state index contributed by atoms with van der Waals surface area (Å²) in [7, 11) is 1.73. The Morgan fingerprint density at radius 3 is 3.05 bits per heavy atom. The Morgan fingerprint density at radius 1 is 1.43 bits per heavy atom. The monoisotopic (exact) mass is 289 g/mol. The van der Waals surface area contributed by atoms with Gasteiger partial charge in [0.15, 0.2) is 0 Å². The molecule has 0 saturated carbocycles. The fourth-order valence-corrected chi connectivity index (χ4v) is 3.49. The van der Waals surface area contributed by atoms with Gasteiger partial charge < -0.3 is 14.4 Å². The van der Waals surface area contributed by atoms with E-state index in [0.29, 0.717) is 11.8 Å². The van der Waals surface area contributed by atoms with E-state index < -0.39 is 0 Å². The zero-order valence-electron chi connectivity index (χ0n) is 12.7. The molecule has 0 spiro atoms. The van der Waals surface area contributed by atoms with Crippen molar-refractivity contribution in [2.45, 2.75) is 19.4 Å². The molecule has 2 heterocycles. The summed E-state index contributed by atoms with van der Waals surface area (Å²) >= 11 is 0. The van der Waals surface area contributed by atoms with Gasteiger partial charge in [-0.25, -0.2) is 0 Å². The Bertz CT molecular complexity index is 517. The van der Waals surface area contributed by atoms with Gasteiger partial charge in [0, 0.05) is 38.3 Å². The van der Waals surface area contributed by atoms with E-state index in [0.717, 1.165) is 43.9 Å². The number of aryl methyl sites for hydroxylation is 1. The van der Waals surface area contributed by atoms with Crippen molar-refractivity contribution in [3.05, 3.63) is 35.4 Å². The van der Waals surface area contributed by atoms with Crippen LogP contribution in [0.4, 0.5) is 0 Å². The molecule has 0 bridgehead atoms. The van der Waals surface area contributed by atoms with Crippen LogP contribution in [0.1, 0.15) is 22.3 Å². The molecule has 3 atom stereocenters. The summed E-state index contributed by atoms with van der Waals surface area (Å²) in [6.45, 7) is 5.13. The highest BCUT2D eigenvalue weighted by Crippen LogP contribution is 2.36. The van der Waals surface area contributed by atoms with Crippen LogP contribution in [0, 0.1) is 18.8 Å². The lowest BCUT2D eigenvalue weighted by molar-refractivity contribution is 0.0666. The Morgan fingerprint density at radius 2 is 2.29 bits per heavy atom. The fraction of sp³-hybridized carbons (Fsp3) is 0.588. The van der Waals surface area contributed by atoms with Crippen LogP contribution in [-0.4, -0.2) is 50.3 Å². The number of rotatable bonds is 4. The van der Waals surface area contributed by atoms with Gasteiger partial charge in [-0.2, -0.15) is 0 Å². The standard InChI is InChI=1S/C17H23NO3/c1-12-4-3-5-13(8-12)17(19)18-9-15-14(6-7-20-2)11-21-16(15)10-18/h3-5,8,14-16H,6-7,9-11H2,1-2H3/t14-,15-,16-/m0/s1. The van der Waals surface area contributed by atoms with Crippen molar-refractivity contribution in [1.82, 2.24) is 4.90 Å². The first-order chi connectivity index (χ1) is 10.2. The van der Waals surface area contributed by atoms with Crippen molar-refractivity contribution >= 4 is 5.91 Å². The zero-order valence-corrected chi connectivity index (χ0v) is 12.7. The summed E-state index contributed by atoms with van der Waals surface area (Å²) in [4.78, 5) is 14.5. The van der Waals surface area contributed by atoms with E-state index in [1.165, 1.54) is 0 Å². The summed E-state index contributed by atoms with van der Waals surface area (Å²) in [5.41, 5.74) is 1.90. The Hall–Kier alpha value is -1.39. The Labute approximate surface area is 126 Å². The highest BCUT2D eigenvalue weighted by molar-refractivity contribution is 5.94. The second-order valence-corrected chi connectivity index (χ2v) is 6.16. The van der Waals surface area contributed by atoms with Gasteiger partial charge >= 0.3 is 0 Å². The molecular weight excluding hydrogens is 266 g/mol. The Kier molecular flexibility index (Phi) is 4.27. The van der Waals surface area contributed by atoms with E-state index in [-0.39, 0.29) is 12.0 Å². The quantitative estimate of drug-likeness (QED) is 0.852. The third-order valence-electron chi connectivity index (χ3n) is 4.68. The lowest BCUT2D eigenvalue weighted by Gasteiger charge is -2.20. The molecule has 3 rings (SSSR count). The van der Waals surface area contributed by atoms with Crippen molar-refractivity contribution < 1.29 is 14.3 Å². The second kappa shape index (κ2) is 6.16. The van der Waals surface area contributed by atoms with E-state index in [1.807, 2.05) is 36.1 Å². The average molecular weight is 289 g/mol. The number of likely N-dealkylation sites (tertiary alicyclic amines) is 1. The molecule has 21 heavy (non-hydrogen) atoms. The van der Waals surface area contributed by atoms with Crippen molar-refractivity contribution in [2.24, 2.45) is 11.8 Å². The van der Waals surface area contributed by atoms with Crippen LogP contribution in [-0.2, 0) is 9.47 Å². The second-order valence-electron chi connectivity index (χ2n) is 6.16. The zero-order chi connectivity index (χ0) is 14.8. The highest BCUT2D eigenvalue weighted by atomic mass is 16.5. The largest absolute Gasteiger partial charge is 0.385 e. The number of amides is 1. The van der Waals surface area contributed by atoms with Crippen LogP contribution in [0.15, 0.2) is 24.3 Å². The van der Waals surface area contributed by atoms with E-state index in [1.54, 1.807) is 7.11 Å². The number of methoxy groups -OCH3 is 1. The number of fused-ring (bicyclic) bond motifs is 1. The lowest BCUT2D eigenvalue weighted by Crippen LogP contribution is -2.31. The molecule has 2 saturated heterocycles. The number of hydrogen-bond donors (Lipinski definition) is 0. The van der Waals surface area contributed by atoms with Gasteiger partial charge in [0.25, 0.3) is 5.91 Å². The molecule has 1 aromatic rings. The minimum absolute atomic E-state index is 0.127. The molecule has 2 aliphatic rings. The van der Waals surface area contributed by atoms with Crippen LogP contribution in [0.2, 0.25) is 0 Å². The number of nitrogens with zero attached hydrogens (tertiary/aromatic N) is 1. The van der Waals surface area contributed by atoms with Gasteiger partial charge in [-0.1, -0.05) is 17.7 Å². The molecule has 2 fully saturated rings. The first-order valence-corrected chi connectivity index (χ1v) is 7.65. The molecule has 0 radical (unpaired) electrons. The van der Waals surface area contributed by atoms with E-state index >= 15 is 0 Å². The topological polar surface area (TPSA) is 38.8 Å². The number of carbonyl (C=O) groups is 1. The predicted octanol–water partition coefficient (Wildman–Crippen LogP) is 2.12. The predicted molar refractivity (Wildman–Crippen MR) is 80.3 cm³/mol. The number of carbonyl (C=O) groups excluding carboxylic acids is 1. The highest BCUT2D eigenvalue weighted by Gasteiger charge is 2.44. The molecule has 0 unspecified atom stereocenters. The molecule has 1 amide bonds. The third-order valence-corrected chi connectivity index (χ3v) is 4.68. The van der Waals surface area contributed by atoms with Crippen LogP contribution in [0.5, 0.6) is 0 Å². The van der Waals surface area contributed by atoms with Gasteiger partial charge in [-0.05, 0) is 31.4 Å². The summed E-state index contributed by atoms with van der Waals surface area (Å²) in [6.07, 6.45) is 1.23. The molecule has 0 aromatic heterocycles. The first kappa shape index (κ1) is 14.5. The number of benzene rings is 1. The minimum atomic E-state index is 0.127. The first-order valence-electron chi connectivity index (χ1n) is 7.65. The van der Waals surface area contributed by atoms with Gasteiger partial charge in [0.1, 0.15) is 0 Å². The molecular formula is C17H23NO3. The summed E-state index contributed by atoms with van der Waals surface area (Å²) < 4.78 is 11.1. The van der Waals surface area contributed by atoms with Gasteiger partial charge in [0.2, 0.25) is 0 Å². The normalized spacial score (nSPS) is 27.9. The van der Waals surface area contributed by atoms with E-state index in [2.05, 4.69) is 0 Å². The van der Waals surface area contributed by atoms with Crippen LogP contribution >= 0.6 is 0 Å². The van der Waals surface area contributed by atoms with Gasteiger partial charge in [-0.3, -0.25) is 4.79 Å². The van der Waals surface area contributed by atoms with Crippen LogP contribution in [0.3, 0.4) is 0 Å². The molecule has 1 aromatic carbocycles. The number of ether oxygens (including phenoxy) is 2. The maximum Gasteiger partial charge on any atom is 0.253 e. The van der Waals surface area contributed by atoms with Crippen molar-refractivity contribution in [3.63, 3.8) is 0 Å². The smallest absolute Gasteiger partial charge is 0.253 e. The maximum absolute atomic E-state index is 12.6. The molecule has 2 aliphatic heterocycles. The van der Waals surface area contributed by atoms with Crippen LogP contribution < -0.4 is 0 Å². The van der Waals surface area contributed by atoms with E-state index in [4.69, 9.17) is 9.47 Å². The lowest BCUT2D eigenvalue weighted by atomic mass is 9.91. The maximum atomic E-state index is 12.6. The number of hydrogen-bond acceptors (Lipinski definition) is 3.